The van der Waals surface area contributed by atoms with Crippen LogP contribution < -0.4 is 5.32 Å². The molecule has 1 fully saturated rings. The zero-order chi connectivity index (χ0) is 19.8. The van der Waals surface area contributed by atoms with Gasteiger partial charge in [-0.1, -0.05) is 0 Å². The fraction of sp³-hybridized carbons (Fsp3) is 0.650. The second-order valence-corrected chi connectivity index (χ2v) is 9.08. The normalized spacial score (nSPS) is 20.0. The SMILES string of the molecule is CC(C)(C)NC(=O)c1nnc2n1CC1(CCN(Cc3ccco3)CC1)COC2. The molecule has 4 rings (SSSR count). The maximum Gasteiger partial charge on any atom is 0.289 e. The largest absolute Gasteiger partial charge is 0.468 e. The van der Waals surface area contributed by atoms with Crippen LogP contribution in [0.1, 0.15) is 55.8 Å². The Morgan fingerprint density at radius 3 is 2.75 bits per heavy atom. The lowest BCUT2D eigenvalue weighted by Crippen LogP contribution is -2.45. The zero-order valence-electron chi connectivity index (χ0n) is 16.9. The number of ether oxygens (including phenoxy) is 1. The molecule has 8 heteroatoms. The van der Waals surface area contributed by atoms with Crippen molar-refractivity contribution in [3.8, 4) is 0 Å². The van der Waals surface area contributed by atoms with Crippen molar-refractivity contribution in [1.29, 1.82) is 0 Å². The average Bonchev–Trinajstić information content (AvgIpc) is 3.23. The molecular formula is C20H29N5O3. The van der Waals surface area contributed by atoms with Gasteiger partial charge in [0.1, 0.15) is 12.4 Å². The summed E-state index contributed by atoms with van der Waals surface area (Å²) in [5, 5.41) is 11.4. The van der Waals surface area contributed by atoms with Crippen LogP contribution in [0.25, 0.3) is 0 Å². The quantitative estimate of drug-likeness (QED) is 0.869. The van der Waals surface area contributed by atoms with Crippen LogP contribution in [-0.2, 0) is 24.4 Å². The number of hydrogen-bond acceptors (Lipinski definition) is 6. The van der Waals surface area contributed by atoms with Crippen LogP contribution in [0.15, 0.2) is 22.8 Å². The Morgan fingerprint density at radius 1 is 1.29 bits per heavy atom. The summed E-state index contributed by atoms with van der Waals surface area (Å²) in [7, 11) is 0. The molecule has 28 heavy (non-hydrogen) atoms. The summed E-state index contributed by atoms with van der Waals surface area (Å²) in [6, 6.07) is 3.94. The van der Waals surface area contributed by atoms with Gasteiger partial charge in [0, 0.05) is 17.5 Å². The molecule has 1 saturated heterocycles. The highest BCUT2D eigenvalue weighted by Gasteiger charge is 2.39. The van der Waals surface area contributed by atoms with Gasteiger partial charge in [-0.05, 0) is 58.8 Å². The first-order chi connectivity index (χ1) is 13.3. The Hall–Kier alpha value is -2.19. The number of nitrogens with zero attached hydrogens (tertiary/aromatic N) is 4. The summed E-state index contributed by atoms with van der Waals surface area (Å²) in [6.45, 7) is 10.5. The number of amides is 1. The van der Waals surface area contributed by atoms with Crippen molar-refractivity contribution in [3.63, 3.8) is 0 Å². The Labute approximate surface area is 165 Å². The number of nitrogens with one attached hydrogen (secondary N) is 1. The first-order valence-electron chi connectivity index (χ1n) is 9.91. The van der Waals surface area contributed by atoms with Crippen molar-refractivity contribution in [2.45, 2.75) is 58.8 Å². The fourth-order valence-electron chi connectivity index (χ4n) is 4.02. The van der Waals surface area contributed by atoms with Gasteiger partial charge < -0.3 is 19.0 Å². The molecule has 152 valence electrons. The van der Waals surface area contributed by atoms with E-state index in [1.54, 1.807) is 6.26 Å². The van der Waals surface area contributed by atoms with Crippen LogP contribution in [0.5, 0.6) is 0 Å². The fourth-order valence-corrected chi connectivity index (χ4v) is 4.02. The van der Waals surface area contributed by atoms with Gasteiger partial charge in [0.05, 0.1) is 19.4 Å². The molecule has 0 bridgehead atoms. The lowest BCUT2D eigenvalue weighted by Gasteiger charge is -2.40. The number of piperidine rings is 1. The second-order valence-electron chi connectivity index (χ2n) is 9.08. The number of hydrogen-bond donors (Lipinski definition) is 1. The highest BCUT2D eigenvalue weighted by Crippen LogP contribution is 2.36. The van der Waals surface area contributed by atoms with E-state index in [1.165, 1.54) is 0 Å². The van der Waals surface area contributed by atoms with Gasteiger partial charge in [0.25, 0.3) is 5.91 Å². The molecule has 1 N–H and O–H groups in total. The number of carbonyl (C=O) groups is 1. The van der Waals surface area contributed by atoms with E-state index in [0.29, 0.717) is 19.0 Å². The second kappa shape index (κ2) is 7.33. The van der Waals surface area contributed by atoms with Crippen LogP contribution in [0.4, 0.5) is 0 Å². The molecule has 0 aliphatic carbocycles. The van der Waals surface area contributed by atoms with E-state index in [2.05, 4.69) is 20.4 Å². The smallest absolute Gasteiger partial charge is 0.289 e. The van der Waals surface area contributed by atoms with Crippen molar-refractivity contribution in [3.05, 3.63) is 35.8 Å². The number of likely N-dealkylation sites (tertiary alicyclic amines) is 1. The molecule has 1 spiro atoms. The Kier molecular flexibility index (Phi) is 5.01. The topological polar surface area (TPSA) is 85.4 Å². The van der Waals surface area contributed by atoms with E-state index >= 15 is 0 Å². The third-order valence-electron chi connectivity index (χ3n) is 5.53. The Morgan fingerprint density at radius 2 is 2.07 bits per heavy atom. The number of aromatic nitrogens is 3. The van der Waals surface area contributed by atoms with E-state index in [9.17, 15) is 4.79 Å². The minimum absolute atomic E-state index is 0.00402. The molecule has 2 aliphatic heterocycles. The summed E-state index contributed by atoms with van der Waals surface area (Å²) in [5.74, 6) is 1.93. The van der Waals surface area contributed by atoms with Crippen molar-refractivity contribution < 1.29 is 13.9 Å². The van der Waals surface area contributed by atoms with Crippen molar-refractivity contribution >= 4 is 5.91 Å². The zero-order valence-corrected chi connectivity index (χ0v) is 16.9. The molecule has 4 heterocycles. The summed E-state index contributed by atoms with van der Waals surface area (Å²) >= 11 is 0. The van der Waals surface area contributed by atoms with Crippen molar-refractivity contribution in [2.75, 3.05) is 19.7 Å². The van der Waals surface area contributed by atoms with Gasteiger partial charge in [-0.3, -0.25) is 9.69 Å². The molecule has 0 atom stereocenters. The van der Waals surface area contributed by atoms with E-state index in [-0.39, 0.29) is 16.9 Å². The molecule has 1 amide bonds. The number of rotatable bonds is 3. The van der Waals surface area contributed by atoms with Crippen LogP contribution >= 0.6 is 0 Å². The Balaban J connectivity index is 1.47. The number of fused-ring (bicyclic) bond motifs is 1. The molecular weight excluding hydrogens is 358 g/mol. The maximum absolute atomic E-state index is 12.7. The van der Waals surface area contributed by atoms with Gasteiger partial charge in [-0.2, -0.15) is 0 Å². The van der Waals surface area contributed by atoms with Crippen LogP contribution in [0.3, 0.4) is 0 Å². The number of furan rings is 1. The molecule has 2 aromatic heterocycles. The molecule has 2 aliphatic rings. The monoisotopic (exact) mass is 387 g/mol. The molecule has 2 aromatic rings. The van der Waals surface area contributed by atoms with Crippen LogP contribution in [0, 0.1) is 5.41 Å². The van der Waals surface area contributed by atoms with E-state index < -0.39 is 0 Å². The highest BCUT2D eigenvalue weighted by atomic mass is 16.5. The van der Waals surface area contributed by atoms with Gasteiger partial charge in [-0.15, -0.1) is 10.2 Å². The van der Waals surface area contributed by atoms with E-state index in [4.69, 9.17) is 9.15 Å². The summed E-state index contributed by atoms with van der Waals surface area (Å²) in [5.41, 5.74) is -0.316. The minimum atomic E-state index is -0.320. The summed E-state index contributed by atoms with van der Waals surface area (Å²) in [6.07, 6.45) is 3.73. The third kappa shape index (κ3) is 4.12. The van der Waals surface area contributed by atoms with Crippen LogP contribution in [-0.4, -0.2) is 50.8 Å². The Bertz CT molecular complexity index is 814. The third-order valence-corrected chi connectivity index (χ3v) is 5.53. The van der Waals surface area contributed by atoms with Crippen molar-refractivity contribution in [1.82, 2.24) is 25.0 Å². The maximum atomic E-state index is 12.7. The standard InChI is InChI=1S/C20H29N5O3/c1-19(2,3)21-18(26)17-23-22-16-12-27-14-20(13-25(16)17)6-8-24(9-7-20)11-15-5-4-10-28-15/h4-5,10H,6-9,11-14H2,1-3H3,(H,21,26). The predicted molar refractivity (Wildman–Crippen MR) is 103 cm³/mol. The summed E-state index contributed by atoms with van der Waals surface area (Å²) < 4.78 is 13.4. The molecule has 8 nitrogen and oxygen atoms in total. The van der Waals surface area contributed by atoms with Crippen molar-refractivity contribution in [2.24, 2.45) is 5.41 Å². The average molecular weight is 387 g/mol. The lowest BCUT2D eigenvalue weighted by atomic mass is 9.79. The van der Waals surface area contributed by atoms with Gasteiger partial charge in [0.15, 0.2) is 5.82 Å². The van der Waals surface area contributed by atoms with Gasteiger partial charge >= 0.3 is 0 Å². The molecule has 0 saturated carbocycles. The van der Waals surface area contributed by atoms with Gasteiger partial charge in [0.2, 0.25) is 5.82 Å². The highest BCUT2D eigenvalue weighted by molar-refractivity contribution is 5.91. The predicted octanol–water partition coefficient (Wildman–Crippen LogP) is 2.21. The first-order valence-corrected chi connectivity index (χ1v) is 9.91. The number of carbonyl (C=O) groups excluding carboxylic acids is 1. The molecule has 0 unspecified atom stereocenters. The lowest BCUT2D eigenvalue weighted by molar-refractivity contribution is -0.00677. The van der Waals surface area contributed by atoms with Gasteiger partial charge in [-0.25, -0.2) is 0 Å². The first kappa shape index (κ1) is 19.1. The molecule has 0 radical (unpaired) electrons. The minimum Gasteiger partial charge on any atom is -0.468 e. The summed E-state index contributed by atoms with van der Waals surface area (Å²) in [4.78, 5) is 15.1. The van der Waals surface area contributed by atoms with E-state index in [1.807, 2.05) is 37.5 Å². The molecule has 0 aromatic carbocycles. The van der Waals surface area contributed by atoms with Crippen LogP contribution in [0.2, 0.25) is 0 Å². The van der Waals surface area contributed by atoms with E-state index in [0.717, 1.165) is 50.6 Å².